The van der Waals surface area contributed by atoms with E-state index in [2.05, 4.69) is 52.5 Å². The Balaban J connectivity index is 0.00000300. The molecule has 2 aromatic rings. The van der Waals surface area contributed by atoms with E-state index in [0.29, 0.717) is 18.4 Å². The first kappa shape index (κ1) is 23.5. The zero-order valence-corrected chi connectivity index (χ0v) is 20.3. The van der Waals surface area contributed by atoms with Crippen molar-refractivity contribution >= 4 is 29.9 Å². The molecular formula is C22H34IN5O. The standard InChI is InChI=1S/C22H33N5O.HI/c1-17(2)20-7-5-6-8-21(20)28-12-10-24-22(23-3)27-11-9-18(16-27)13-19-14-25-26(4)15-19;/h5-8,14-15,17-18H,9-13,16H2,1-4H3,(H,23,24);1H. The first-order valence-corrected chi connectivity index (χ1v) is 10.2. The first-order chi connectivity index (χ1) is 13.6. The van der Waals surface area contributed by atoms with Gasteiger partial charge in [0.05, 0.1) is 12.7 Å². The van der Waals surface area contributed by atoms with E-state index in [1.807, 2.05) is 37.1 Å². The Morgan fingerprint density at radius 1 is 1.34 bits per heavy atom. The number of ether oxygens (including phenoxy) is 1. The number of hydrogen-bond acceptors (Lipinski definition) is 3. The minimum atomic E-state index is 0. The second-order valence-electron chi connectivity index (χ2n) is 7.84. The van der Waals surface area contributed by atoms with Gasteiger partial charge in [-0.05, 0) is 41.9 Å². The SMILES string of the molecule is CN=C(NCCOc1ccccc1C(C)C)N1CCC(Cc2cnn(C)c2)C1.I. The highest BCUT2D eigenvalue weighted by Crippen LogP contribution is 2.25. The van der Waals surface area contributed by atoms with E-state index in [-0.39, 0.29) is 24.0 Å². The monoisotopic (exact) mass is 511 g/mol. The Labute approximate surface area is 191 Å². The van der Waals surface area contributed by atoms with Crippen LogP contribution in [0.1, 0.15) is 37.3 Å². The zero-order valence-electron chi connectivity index (χ0n) is 18.0. The number of rotatable bonds is 7. The summed E-state index contributed by atoms with van der Waals surface area (Å²) < 4.78 is 7.89. The molecule has 1 aromatic carbocycles. The lowest BCUT2D eigenvalue weighted by molar-refractivity contribution is 0.315. The number of para-hydroxylation sites is 1. The van der Waals surface area contributed by atoms with Gasteiger partial charge in [-0.1, -0.05) is 32.0 Å². The third-order valence-electron chi connectivity index (χ3n) is 5.26. The number of aliphatic imine (C=N–C) groups is 1. The van der Waals surface area contributed by atoms with Gasteiger partial charge in [0.1, 0.15) is 12.4 Å². The van der Waals surface area contributed by atoms with E-state index in [4.69, 9.17) is 4.74 Å². The van der Waals surface area contributed by atoms with E-state index >= 15 is 0 Å². The van der Waals surface area contributed by atoms with Gasteiger partial charge in [-0.15, -0.1) is 24.0 Å². The number of guanidine groups is 1. The summed E-state index contributed by atoms with van der Waals surface area (Å²) in [5.41, 5.74) is 2.57. The number of likely N-dealkylation sites (tertiary alicyclic amines) is 1. The molecule has 7 heteroatoms. The summed E-state index contributed by atoms with van der Waals surface area (Å²) in [5.74, 6) is 3.05. The van der Waals surface area contributed by atoms with Crippen molar-refractivity contribution in [2.45, 2.75) is 32.6 Å². The molecule has 160 valence electrons. The zero-order chi connectivity index (χ0) is 19.9. The summed E-state index contributed by atoms with van der Waals surface area (Å²) in [6.07, 6.45) is 6.36. The fourth-order valence-electron chi connectivity index (χ4n) is 3.85. The maximum atomic E-state index is 6.01. The van der Waals surface area contributed by atoms with E-state index < -0.39 is 0 Å². The van der Waals surface area contributed by atoms with Crippen LogP contribution in [-0.2, 0) is 13.5 Å². The number of aryl methyl sites for hydroxylation is 1. The second-order valence-corrected chi connectivity index (χ2v) is 7.84. The summed E-state index contributed by atoms with van der Waals surface area (Å²) in [6, 6.07) is 8.28. The Morgan fingerprint density at radius 2 is 2.14 bits per heavy atom. The summed E-state index contributed by atoms with van der Waals surface area (Å²) in [4.78, 5) is 6.82. The van der Waals surface area contributed by atoms with Crippen molar-refractivity contribution in [2.75, 3.05) is 33.3 Å². The minimum Gasteiger partial charge on any atom is -0.491 e. The largest absolute Gasteiger partial charge is 0.491 e. The van der Waals surface area contributed by atoms with Crippen molar-refractivity contribution < 1.29 is 4.74 Å². The van der Waals surface area contributed by atoms with Crippen LogP contribution < -0.4 is 10.1 Å². The molecular weight excluding hydrogens is 477 g/mol. The molecule has 1 N–H and O–H groups in total. The maximum Gasteiger partial charge on any atom is 0.193 e. The second kappa shape index (κ2) is 11.4. The molecule has 0 bridgehead atoms. The molecule has 1 unspecified atom stereocenters. The van der Waals surface area contributed by atoms with Crippen molar-refractivity contribution in [3.63, 3.8) is 0 Å². The number of hydrogen-bond donors (Lipinski definition) is 1. The molecule has 6 nitrogen and oxygen atoms in total. The molecule has 0 amide bonds. The van der Waals surface area contributed by atoms with Crippen LogP contribution in [0.3, 0.4) is 0 Å². The fraction of sp³-hybridized carbons (Fsp3) is 0.545. The lowest BCUT2D eigenvalue weighted by atomic mass is 10.0. The maximum absolute atomic E-state index is 6.01. The van der Waals surface area contributed by atoms with E-state index in [1.165, 1.54) is 17.5 Å². The quantitative estimate of drug-likeness (QED) is 0.267. The van der Waals surface area contributed by atoms with Gasteiger partial charge in [-0.3, -0.25) is 9.67 Å². The number of nitrogens with one attached hydrogen (secondary N) is 1. The Kier molecular flexibility index (Phi) is 9.26. The van der Waals surface area contributed by atoms with Crippen LogP contribution in [0, 0.1) is 5.92 Å². The molecule has 2 heterocycles. The average molecular weight is 511 g/mol. The number of nitrogens with zero attached hydrogens (tertiary/aromatic N) is 4. The molecule has 1 aliphatic rings. The number of aromatic nitrogens is 2. The van der Waals surface area contributed by atoms with Crippen LogP contribution in [0.5, 0.6) is 5.75 Å². The van der Waals surface area contributed by atoms with Crippen LogP contribution in [0.4, 0.5) is 0 Å². The van der Waals surface area contributed by atoms with Gasteiger partial charge in [0.15, 0.2) is 5.96 Å². The predicted octanol–water partition coefficient (Wildman–Crippen LogP) is 3.68. The van der Waals surface area contributed by atoms with Gasteiger partial charge in [-0.25, -0.2) is 0 Å². The highest BCUT2D eigenvalue weighted by molar-refractivity contribution is 14.0. The molecule has 0 spiro atoms. The normalized spacial score (nSPS) is 16.8. The highest BCUT2D eigenvalue weighted by atomic mass is 127. The van der Waals surface area contributed by atoms with E-state index in [0.717, 1.165) is 37.8 Å². The van der Waals surface area contributed by atoms with E-state index in [1.54, 1.807) is 0 Å². The van der Waals surface area contributed by atoms with Crippen LogP contribution in [0.25, 0.3) is 0 Å². The Bertz CT molecular complexity index is 789. The van der Waals surface area contributed by atoms with Crippen molar-refractivity contribution in [1.82, 2.24) is 20.0 Å². The number of benzene rings is 1. The highest BCUT2D eigenvalue weighted by Gasteiger charge is 2.25. The van der Waals surface area contributed by atoms with Gasteiger partial charge >= 0.3 is 0 Å². The third-order valence-corrected chi connectivity index (χ3v) is 5.26. The molecule has 0 radical (unpaired) electrons. The van der Waals surface area contributed by atoms with E-state index in [9.17, 15) is 0 Å². The average Bonchev–Trinajstić information content (AvgIpc) is 3.31. The minimum absolute atomic E-state index is 0. The van der Waals surface area contributed by atoms with Crippen molar-refractivity contribution in [2.24, 2.45) is 18.0 Å². The summed E-state index contributed by atoms with van der Waals surface area (Å²) in [6.45, 7) is 7.82. The summed E-state index contributed by atoms with van der Waals surface area (Å²) >= 11 is 0. The van der Waals surface area contributed by atoms with Crippen LogP contribution >= 0.6 is 24.0 Å². The molecule has 0 aliphatic carbocycles. The van der Waals surface area contributed by atoms with Gasteiger partial charge in [0.25, 0.3) is 0 Å². The summed E-state index contributed by atoms with van der Waals surface area (Å²) in [5, 5.41) is 7.73. The van der Waals surface area contributed by atoms with Gasteiger partial charge in [0, 0.05) is 33.4 Å². The number of halogens is 1. The van der Waals surface area contributed by atoms with Crippen LogP contribution in [0.2, 0.25) is 0 Å². The smallest absolute Gasteiger partial charge is 0.193 e. The van der Waals surface area contributed by atoms with Crippen molar-refractivity contribution in [3.8, 4) is 5.75 Å². The van der Waals surface area contributed by atoms with Gasteiger partial charge in [-0.2, -0.15) is 5.10 Å². The van der Waals surface area contributed by atoms with Crippen molar-refractivity contribution in [3.05, 3.63) is 47.8 Å². The third kappa shape index (κ3) is 6.62. The van der Waals surface area contributed by atoms with Crippen LogP contribution in [0.15, 0.2) is 41.7 Å². The Hall–Kier alpha value is -1.77. The molecule has 1 saturated heterocycles. The molecule has 1 atom stereocenters. The molecule has 1 aromatic heterocycles. The molecule has 3 rings (SSSR count). The lowest BCUT2D eigenvalue weighted by Crippen LogP contribution is -2.41. The van der Waals surface area contributed by atoms with Gasteiger partial charge in [0.2, 0.25) is 0 Å². The van der Waals surface area contributed by atoms with Gasteiger partial charge < -0.3 is 15.0 Å². The Morgan fingerprint density at radius 3 is 2.83 bits per heavy atom. The van der Waals surface area contributed by atoms with Crippen LogP contribution in [-0.4, -0.2) is 53.9 Å². The fourth-order valence-corrected chi connectivity index (χ4v) is 3.85. The molecule has 1 aliphatic heterocycles. The van der Waals surface area contributed by atoms with Crippen molar-refractivity contribution in [1.29, 1.82) is 0 Å². The summed E-state index contributed by atoms with van der Waals surface area (Å²) in [7, 11) is 3.82. The first-order valence-electron chi connectivity index (χ1n) is 10.2. The molecule has 0 saturated carbocycles. The predicted molar refractivity (Wildman–Crippen MR) is 129 cm³/mol. The lowest BCUT2D eigenvalue weighted by Gasteiger charge is -2.22. The molecule has 1 fully saturated rings. The topological polar surface area (TPSA) is 54.7 Å². The molecule has 29 heavy (non-hydrogen) atoms.